The van der Waals surface area contributed by atoms with E-state index in [4.69, 9.17) is 11.6 Å². The Morgan fingerprint density at radius 2 is 2.04 bits per heavy atom. The summed E-state index contributed by atoms with van der Waals surface area (Å²) < 4.78 is 0. The number of halogens is 1. The fourth-order valence-corrected chi connectivity index (χ4v) is 2.62. The third kappa shape index (κ3) is 9.07. The average molecular weight is 382 g/mol. The zero-order valence-electron chi connectivity index (χ0n) is 16.2. The van der Waals surface area contributed by atoms with Crippen LogP contribution in [-0.4, -0.2) is 6.29 Å². The second-order valence-electron chi connectivity index (χ2n) is 6.06. The first kappa shape index (κ1) is 22.5. The Morgan fingerprint density at radius 1 is 1.26 bits per heavy atom. The lowest BCUT2D eigenvalue weighted by molar-refractivity contribution is -0.107. The maximum atomic E-state index is 10.8. The van der Waals surface area contributed by atoms with Crippen LogP contribution in [-0.2, 0) is 4.79 Å². The van der Waals surface area contributed by atoms with Crippen molar-refractivity contribution in [1.82, 2.24) is 5.32 Å². The highest BCUT2D eigenvalue weighted by molar-refractivity contribution is 6.30. The van der Waals surface area contributed by atoms with E-state index in [1.807, 2.05) is 67.6 Å². The van der Waals surface area contributed by atoms with E-state index >= 15 is 0 Å². The average Bonchev–Trinajstić information content (AvgIpc) is 2.63. The van der Waals surface area contributed by atoms with Crippen LogP contribution in [0.25, 0.3) is 6.08 Å². The number of allylic oxidation sites excluding steroid dienone is 7. The van der Waals surface area contributed by atoms with Crippen LogP contribution in [0.5, 0.6) is 0 Å². The van der Waals surface area contributed by atoms with Crippen molar-refractivity contribution in [1.29, 1.82) is 0 Å². The smallest absolute Gasteiger partial charge is 0.123 e. The van der Waals surface area contributed by atoms with Crippen LogP contribution in [0.3, 0.4) is 0 Å². The molecule has 0 spiro atoms. The Hall–Kier alpha value is -2.58. The number of hydrogen-bond donors (Lipinski definition) is 1. The van der Waals surface area contributed by atoms with Gasteiger partial charge in [0.1, 0.15) is 6.29 Å². The van der Waals surface area contributed by atoms with Crippen LogP contribution < -0.4 is 5.32 Å². The number of hydrogen-bond acceptors (Lipinski definition) is 2. The first-order valence-electron chi connectivity index (χ1n) is 9.06. The van der Waals surface area contributed by atoms with Crippen molar-refractivity contribution >= 4 is 24.0 Å². The molecule has 1 N–H and O–H groups in total. The van der Waals surface area contributed by atoms with Gasteiger partial charge >= 0.3 is 0 Å². The lowest BCUT2D eigenvalue weighted by Crippen LogP contribution is -2.13. The van der Waals surface area contributed by atoms with Gasteiger partial charge in [0.2, 0.25) is 0 Å². The highest BCUT2D eigenvalue weighted by Crippen LogP contribution is 2.17. The molecule has 0 aliphatic carbocycles. The quantitative estimate of drug-likeness (QED) is 0.337. The largest absolute Gasteiger partial charge is 0.359 e. The summed E-state index contributed by atoms with van der Waals surface area (Å²) in [7, 11) is 0. The number of rotatable bonds is 11. The van der Waals surface area contributed by atoms with Crippen LogP contribution in [0.1, 0.15) is 38.7 Å². The third-order valence-corrected chi connectivity index (χ3v) is 3.85. The summed E-state index contributed by atoms with van der Waals surface area (Å²) in [6.45, 7) is 12.2. The summed E-state index contributed by atoms with van der Waals surface area (Å²) in [6, 6.07) is 7.64. The Kier molecular flexibility index (Phi) is 10.6. The summed E-state index contributed by atoms with van der Waals surface area (Å²) in [4.78, 5) is 10.8. The van der Waals surface area contributed by atoms with Crippen molar-refractivity contribution in [2.24, 2.45) is 0 Å². The molecule has 0 atom stereocenters. The highest BCUT2D eigenvalue weighted by atomic mass is 35.5. The van der Waals surface area contributed by atoms with E-state index in [0.717, 1.165) is 47.2 Å². The number of aldehydes is 1. The first-order chi connectivity index (χ1) is 13.0. The Labute approximate surface area is 168 Å². The number of carbonyl (C=O) groups is 1. The molecule has 1 aromatic rings. The van der Waals surface area contributed by atoms with Crippen LogP contribution in [0.4, 0.5) is 0 Å². The molecule has 0 aliphatic rings. The van der Waals surface area contributed by atoms with Gasteiger partial charge in [-0.05, 0) is 48.3 Å². The van der Waals surface area contributed by atoms with Crippen molar-refractivity contribution in [2.75, 3.05) is 0 Å². The van der Waals surface area contributed by atoms with Crippen molar-refractivity contribution < 1.29 is 4.79 Å². The summed E-state index contributed by atoms with van der Waals surface area (Å²) in [5, 5.41) is 4.03. The summed E-state index contributed by atoms with van der Waals surface area (Å²) in [5.41, 5.74) is 4.57. The Balaban J connectivity index is 3.07. The molecule has 0 amide bonds. The van der Waals surface area contributed by atoms with E-state index in [-0.39, 0.29) is 0 Å². The molecule has 0 saturated heterocycles. The fourth-order valence-electron chi connectivity index (χ4n) is 2.42. The summed E-state index contributed by atoms with van der Waals surface area (Å²) in [6.07, 6.45) is 14.8. The van der Waals surface area contributed by atoms with Gasteiger partial charge in [-0.2, -0.15) is 0 Å². The number of benzene rings is 1. The van der Waals surface area contributed by atoms with Crippen molar-refractivity contribution in [3.63, 3.8) is 0 Å². The number of nitrogens with one attached hydrogen (secondary N) is 1. The molecule has 142 valence electrons. The Morgan fingerprint density at radius 3 is 2.67 bits per heavy atom. The van der Waals surface area contributed by atoms with Gasteiger partial charge in [0, 0.05) is 22.8 Å². The molecule has 0 unspecified atom stereocenters. The third-order valence-electron chi connectivity index (χ3n) is 3.62. The molecule has 0 heterocycles. The minimum Gasteiger partial charge on any atom is -0.359 e. The zero-order chi connectivity index (χ0) is 20.1. The maximum Gasteiger partial charge on any atom is 0.123 e. The van der Waals surface area contributed by atoms with Gasteiger partial charge in [0.25, 0.3) is 0 Å². The molecule has 0 bridgehead atoms. The molecule has 1 rings (SSSR count). The summed E-state index contributed by atoms with van der Waals surface area (Å²) in [5.74, 6) is 0. The topological polar surface area (TPSA) is 29.1 Å². The monoisotopic (exact) mass is 381 g/mol. The Bertz CT molecular complexity index is 781. The van der Waals surface area contributed by atoms with E-state index in [0.29, 0.717) is 11.4 Å². The molecular weight excluding hydrogens is 354 g/mol. The van der Waals surface area contributed by atoms with Crippen LogP contribution in [0, 0.1) is 0 Å². The minimum absolute atomic E-state index is 0.335. The predicted octanol–water partition coefficient (Wildman–Crippen LogP) is 6.79. The van der Waals surface area contributed by atoms with Crippen molar-refractivity contribution in [3.05, 3.63) is 101 Å². The normalized spacial score (nSPS) is 12.6. The zero-order valence-corrected chi connectivity index (χ0v) is 16.9. The molecule has 2 nitrogen and oxygen atoms in total. The van der Waals surface area contributed by atoms with E-state index in [1.165, 1.54) is 0 Å². The molecule has 3 heteroatoms. The van der Waals surface area contributed by atoms with E-state index in [1.54, 1.807) is 0 Å². The van der Waals surface area contributed by atoms with Gasteiger partial charge in [0.05, 0.1) is 0 Å². The maximum absolute atomic E-state index is 10.8. The van der Waals surface area contributed by atoms with Gasteiger partial charge in [-0.3, -0.25) is 0 Å². The molecular formula is C24H28ClNO. The van der Waals surface area contributed by atoms with Gasteiger partial charge < -0.3 is 10.1 Å². The van der Waals surface area contributed by atoms with Crippen molar-refractivity contribution in [2.45, 2.75) is 33.1 Å². The second-order valence-corrected chi connectivity index (χ2v) is 6.50. The fraction of sp³-hybridized carbons (Fsp3) is 0.208. The van der Waals surface area contributed by atoms with Gasteiger partial charge in [-0.1, -0.05) is 80.6 Å². The highest BCUT2D eigenvalue weighted by Gasteiger charge is 2.04. The van der Waals surface area contributed by atoms with E-state index in [2.05, 4.69) is 25.4 Å². The molecule has 0 fully saturated rings. The molecule has 0 radical (unpaired) electrons. The first-order valence-corrected chi connectivity index (χ1v) is 9.43. The van der Waals surface area contributed by atoms with Gasteiger partial charge in [-0.25, -0.2) is 0 Å². The lowest BCUT2D eigenvalue weighted by atomic mass is 10.1. The van der Waals surface area contributed by atoms with Crippen LogP contribution in [0.15, 0.2) is 90.3 Å². The molecule has 1 aromatic carbocycles. The second kappa shape index (κ2) is 12.7. The molecule has 27 heavy (non-hydrogen) atoms. The van der Waals surface area contributed by atoms with E-state index < -0.39 is 0 Å². The predicted molar refractivity (Wildman–Crippen MR) is 118 cm³/mol. The summed E-state index contributed by atoms with van der Waals surface area (Å²) >= 11 is 6.02. The number of carbonyl (C=O) groups excluding carboxylic acids is 1. The van der Waals surface area contributed by atoms with Crippen LogP contribution in [0.2, 0.25) is 5.02 Å². The van der Waals surface area contributed by atoms with Crippen molar-refractivity contribution in [3.8, 4) is 0 Å². The SMILES string of the molecule is C=C(/C=C/c1cccc(Cl)c1)/C=C(\C=C/C)C(=C/CC=O)/NC(=C)CCC. The van der Waals surface area contributed by atoms with Gasteiger partial charge in [-0.15, -0.1) is 0 Å². The van der Waals surface area contributed by atoms with E-state index in [9.17, 15) is 4.79 Å². The standard InChI is InChI=1S/C24H28ClNO/c1-5-9-20(4)26-24(13-8-16-27)22(10-6-2)17-19(3)14-15-21-11-7-12-23(25)18-21/h6-7,10-18,26H,3-5,8-9H2,1-2H3/b10-6-,15-14+,22-17+,24-13-. The lowest BCUT2D eigenvalue weighted by Gasteiger charge is -2.14. The minimum atomic E-state index is 0.335. The molecule has 0 aromatic heterocycles. The molecule has 0 aliphatic heterocycles. The van der Waals surface area contributed by atoms with Gasteiger partial charge in [0.15, 0.2) is 0 Å². The van der Waals surface area contributed by atoms with Crippen LogP contribution >= 0.6 is 11.6 Å². The molecule has 0 saturated carbocycles.